The molecule has 0 fully saturated rings. The number of benzene rings is 2. The topological polar surface area (TPSA) is 134 Å². The summed E-state index contributed by atoms with van der Waals surface area (Å²) in [5.41, 5.74) is 10.4. The van der Waals surface area contributed by atoms with Gasteiger partial charge in [-0.2, -0.15) is 5.10 Å². The van der Waals surface area contributed by atoms with Gasteiger partial charge in [0.1, 0.15) is 5.75 Å². The molecule has 0 saturated heterocycles. The van der Waals surface area contributed by atoms with Crippen molar-refractivity contribution < 1.29 is 19.5 Å². The average molecular weight is 588 g/mol. The van der Waals surface area contributed by atoms with E-state index in [0.717, 1.165) is 11.3 Å². The highest BCUT2D eigenvalue weighted by molar-refractivity contribution is 7.16. The summed E-state index contributed by atoms with van der Waals surface area (Å²) in [6.45, 7) is 1.85. The van der Waals surface area contributed by atoms with Crippen LogP contribution >= 0.6 is 45.9 Å². The Balaban J connectivity index is 1.38. The quantitative estimate of drug-likeness (QED) is 0.156. The third-order valence-electron chi connectivity index (χ3n) is 5.38. The zero-order valence-corrected chi connectivity index (χ0v) is 22.9. The van der Waals surface area contributed by atoms with Gasteiger partial charge in [-0.3, -0.25) is 14.4 Å². The molecule has 0 aliphatic heterocycles. The number of hydrazone groups is 1. The Bertz CT molecular complexity index is 1580. The number of aromatic hydroxyl groups is 1. The predicted octanol–water partition coefficient (Wildman–Crippen LogP) is 5.67. The first-order valence-electron chi connectivity index (χ1n) is 11.0. The molecule has 0 aliphatic carbocycles. The van der Waals surface area contributed by atoms with Crippen LogP contribution < -0.4 is 16.5 Å². The van der Waals surface area contributed by atoms with Crippen molar-refractivity contribution >= 4 is 69.3 Å². The van der Waals surface area contributed by atoms with Gasteiger partial charge in [0.25, 0.3) is 11.8 Å². The first-order chi connectivity index (χ1) is 18.1. The van der Waals surface area contributed by atoms with E-state index in [9.17, 15) is 19.5 Å². The first-order valence-corrected chi connectivity index (χ1v) is 13.5. The van der Waals surface area contributed by atoms with Crippen molar-refractivity contribution in [1.29, 1.82) is 0 Å². The van der Waals surface area contributed by atoms with E-state index in [2.05, 4.69) is 15.8 Å². The maximum Gasteiger partial charge on any atom is 0.281 e. The maximum atomic E-state index is 12.6. The largest absolute Gasteiger partial charge is 0.506 e. The van der Waals surface area contributed by atoms with E-state index >= 15 is 0 Å². The lowest BCUT2D eigenvalue weighted by atomic mass is 10.1. The van der Waals surface area contributed by atoms with Crippen LogP contribution in [0.3, 0.4) is 0 Å². The number of thiophene rings is 2. The van der Waals surface area contributed by atoms with Gasteiger partial charge in [0.15, 0.2) is 0 Å². The Morgan fingerprint density at radius 3 is 2.45 bits per heavy atom. The van der Waals surface area contributed by atoms with Gasteiger partial charge in [-0.1, -0.05) is 41.4 Å². The Morgan fingerprint density at radius 2 is 1.74 bits per heavy atom. The fourth-order valence-corrected chi connectivity index (χ4v) is 5.50. The van der Waals surface area contributed by atoms with E-state index in [1.54, 1.807) is 60.8 Å². The van der Waals surface area contributed by atoms with Crippen molar-refractivity contribution in [3.8, 4) is 16.2 Å². The lowest BCUT2D eigenvalue weighted by Gasteiger charge is -2.05. The van der Waals surface area contributed by atoms with E-state index in [-0.39, 0.29) is 23.1 Å². The number of nitrogens with one attached hydrogen (secondary N) is 2. The SMILES string of the molecule is C/C(=N\NC(=O)c1ccc(C(=O)NCc2cccc(C(N)=O)c2)s1)c1csc(-c2ccc(Cl)c(Cl)c2)c1O. The second-order valence-electron chi connectivity index (χ2n) is 8.01. The maximum absolute atomic E-state index is 12.6. The molecule has 38 heavy (non-hydrogen) atoms. The van der Waals surface area contributed by atoms with Crippen LogP contribution in [-0.2, 0) is 6.54 Å². The fraction of sp³-hybridized carbons (Fsp3) is 0.0769. The number of rotatable bonds is 8. The number of hydrogen-bond donors (Lipinski definition) is 4. The molecule has 0 saturated carbocycles. The molecule has 4 aromatic rings. The van der Waals surface area contributed by atoms with Crippen LogP contribution in [0.15, 0.2) is 65.1 Å². The Hall–Kier alpha value is -3.70. The van der Waals surface area contributed by atoms with Gasteiger partial charge >= 0.3 is 0 Å². The number of primary amides is 1. The summed E-state index contributed by atoms with van der Waals surface area (Å²) in [6, 6.07) is 14.8. The summed E-state index contributed by atoms with van der Waals surface area (Å²) in [7, 11) is 0. The number of nitrogens with zero attached hydrogens (tertiary/aromatic N) is 1. The molecule has 0 spiro atoms. The Labute approximate surface area is 235 Å². The van der Waals surface area contributed by atoms with Crippen molar-refractivity contribution in [2.45, 2.75) is 13.5 Å². The molecular formula is C26H20Cl2N4O4S2. The molecular weight excluding hydrogens is 567 g/mol. The molecule has 2 heterocycles. The van der Waals surface area contributed by atoms with Gasteiger partial charge in [-0.15, -0.1) is 22.7 Å². The molecule has 0 atom stereocenters. The average Bonchev–Trinajstić information content (AvgIpc) is 3.55. The molecule has 0 aliphatic rings. The van der Waals surface area contributed by atoms with Gasteiger partial charge < -0.3 is 16.2 Å². The molecule has 4 rings (SSSR count). The van der Waals surface area contributed by atoms with E-state index in [0.29, 0.717) is 47.8 Å². The predicted molar refractivity (Wildman–Crippen MR) is 152 cm³/mol. The minimum absolute atomic E-state index is 0.0142. The second-order valence-corrected chi connectivity index (χ2v) is 10.8. The number of carbonyl (C=O) groups is 3. The zero-order valence-electron chi connectivity index (χ0n) is 19.7. The monoisotopic (exact) mass is 586 g/mol. The number of carbonyl (C=O) groups excluding carboxylic acids is 3. The van der Waals surface area contributed by atoms with E-state index in [1.165, 1.54) is 17.4 Å². The third-order valence-corrected chi connectivity index (χ3v) is 8.22. The van der Waals surface area contributed by atoms with Crippen molar-refractivity contribution in [3.05, 3.63) is 96.5 Å². The molecule has 0 unspecified atom stereocenters. The first kappa shape index (κ1) is 27.3. The molecule has 5 N–H and O–H groups in total. The zero-order chi connectivity index (χ0) is 27.4. The van der Waals surface area contributed by atoms with Crippen LogP contribution in [0.2, 0.25) is 10.0 Å². The molecule has 194 valence electrons. The third kappa shape index (κ3) is 6.22. The van der Waals surface area contributed by atoms with Crippen LogP contribution in [0, 0.1) is 0 Å². The van der Waals surface area contributed by atoms with Gasteiger partial charge in [-0.05, 0) is 54.4 Å². The standard InChI is InChI=1S/C26H20Cl2N4O4S2/c1-13(17-12-37-23(22(17)33)15-5-6-18(27)19(28)10-15)31-32-26(36)21-8-7-20(38-21)25(35)30-11-14-3-2-4-16(9-14)24(29)34/h2-10,12,33H,11H2,1H3,(H2,29,34)(H,30,35)(H,32,36)/b31-13+. The molecule has 8 nitrogen and oxygen atoms in total. The highest BCUT2D eigenvalue weighted by atomic mass is 35.5. The van der Waals surface area contributed by atoms with Crippen LogP contribution in [0.4, 0.5) is 0 Å². The molecule has 0 bridgehead atoms. The van der Waals surface area contributed by atoms with Crippen LogP contribution in [0.5, 0.6) is 5.75 Å². The van der Waals surface area contributed by atoms with Crippen LogP contribution in [0.25, 0.3) is 10.4 Å². The van der Waals surface area contributed by atoms with Gasteiger partial charge in [0, 0.05) is 17.5 Å². The molecule has 2 aromatic heterocycles. The number of amides is 3. The van der Waals surface area contributed by atoms with Crippen LogP contribution in [0.1, 0.15) is 47.8 Å². The number of halogens is 2. The Kier molecular flexibility index (Phi) is 8.48. The minimum atomic E-state index is -0.550. The molecule has 2 aromatic carbocycles. The summed E-state index contributed by atoms with van der Waals surface area (Å²) in [5.74, 6) is -1.40. The lowest BCUT2D eigenvalue weighted by Crippen LogP contribution is -2.22. The molecule has 0 radical (unpaired) electrons. The molecule has 3 amide bonds. The fourth-order valence-electron chi connectivity index (χ4n) is 3.39. The van der Waals surface area contributed by atoms with E-state index in [1.807, 2.05) is 0 Å². The summed E-state index contributed by atoms with van der Waals surface area (Å²) < 4.78 is 0. The smallest absolute Gasteiger partial charge is 0.281 e. The summed E-state index contributed by atoms with van der Waals surface area (Å²) in [6.07, 6.45) is 0. The van der Waals surface area contributed by atoms with E-state index < -0.39 is 11.8 Å². The van der Waals surface area contributed by atoms with Gasteiger partial charge in [0.2, 0.25) is 5.91 Å². The van der Waals surface area contributed by atoms with Gasteiger partial charge in [0.05, 0.1) is 36.0 Å². The summed E-state index contributed by atoms with van der Waals surface area (Å²) >= 11 is 14.4. The van der Waals surface area contributed by atoms with Gasteiger partial charge in [-0.25, -0.2) is 5.43 Å². The lowest BCUT2D eigenvalue weighted by molar-refractivity contribution is 0.0950. The second kappa shape index (κ2) is 11.8. The number of hydrogen-bond acceptors (Lipinski definition) is 7. The van der Waals surface area contributed by atoms with Crippen LogP contribution in [-0.4, -0.2) is 28.5 Å². The molecule has 12 heteroatoms. The van der Waals surface area contributed by atoms with E-state index in [4.69, 9.17) is 28.9 Å². The minimum Gasteiger partial charge on any atom is -0.506 e. The summed E-state index contributed by atoms with van der Waals surface area (Å²) in [4.78, 5) is 37.7. The normalized spacial score (nSPS) is 11.3. The summed E-state index contributed by atoms with van der Waals surface area (Å²) in [5, 5.41) is 20.1. The number of nitrogens with two attached hydrogens (primary N) is 1. The Morgan fingerprint density at radius 1 is 1.00 bits per heavy atom. The highest BCUT2D eigenvalue weighted by Crippen LogP contribution is 2.40. The van der Waals surface area contributed by atoms with Crippen molar-refractivity contribution in [1.82, 2.24) is 10.7 Å². The van der Waals surface area contributed by atoms with Crippen molar-refractivity contribution in [2.24, 2.45) is 10.8 Å². The van der Waals surface area contributed by atoms with Crippen molar-refractivity contribution in [2.75, 3.05) is 0 Å². The highest BCUT2D eigenvalue weighted by Gasteiger charge is 2.17. The van der Waals surface area contributed by atoms with Crippen molar-refractivity contribution in [3.63, 3.8) is 0 Å².